The summed E-state index contributed by atoms with van der Waals surface area (Å²) in [5.41, 5.74) is 6.41. The highest BCUT2D eigenvalue weighted by molar-refractivity contribution is 5.86. The summed E-state index contributed by atoms with van der Waals surface area (Å²) in [5.74, 6) is 0.373. The SMILES string of the molecule is CC(C)N(C)CC1OC(n2ccc3c(N)ncnc32)C(O)C1O. The number of nitrogens with two attached hydrogens (primary N) is 1. The molecule has 4 unspecified atom stereocenters. The van der Waals surface area contributed by atoms with Crippen molar-refractivity contribution in [1.29, 1.82) is 0 Å². The van der Waals surface area contributed by atoms with Crippen LogP contribution in [0.4, 0.5) is 5.82 Å². The largest absolute Gasteiger partial charge is 0.387 e. The fraction of sp³-hybridized carbons (Fsp3) is 0.600. The van der Waals surface area contributed by atoms with Crippen molar-refractivity contribution >= 4 is 16.9 Å². The zero-order valence-electron chi connectivity index (χ0n) is 13.5. The Morgan fingerprint density at radius 3 is 2.78 bits per heavy atom. The molecule has 4 N–H and O–H groups in total. The Hall–Kier alpha value is -1.74. The van der Waals surface area contributed by atoms with Crippen molar-refractivity contribution in [2.24, 2.45) is 0 Å². The van der Waals surface area contributed by atoms with Gasteiger partial charge in [-0.1, -0.05) is 0 Å². The van der Waals surface area contributed by atoms with E-state index >= 15 is 0 Å². The summed E-state index contributed by atoms with van der Waals surface area (Å²) >= 11 is 0. The number of aliphatic hydroxyl groups excluding tert-OH is 2. The molecule has 1 aliphatic rings. The van der Waals surface area contributed by atoms with Gasteiger partial charge in [-0.25, -0.2) is 9.97 Å². The van der Waals surface area contributed by atoms with Crippen molar-refractivity contribution in [1.82, 2.24) is 19.4 Å². The summed E-state index contributed by atoms with van der Waals surface area (Å²) in [7, 11) is 1.96. The Kier molecular flexibility index (Phi) is 4.24. The lowest BCUT2D eigenvalue weighted by molar-refractivity contribution is -0.0439. The molecule has 0 aromatic carbocycles. The smallest absolute Gasteiger partial charge is 0.164 e. The maximum atomic E-state index is 10.4. The van der Waals surface area contributed by atoms with E-state index in [2.05, 4.69) is 28.7 Å². The van der Waals surface area contributed by atoms with Crippen LogP contribution in [0.15, 0.2) is 18.6 Å². The van der Waals surface area contributed by atoms with Crippen molar-refractivity contribution in [2.45, 2.75) is 44.4 Å². The predicted molar refractivity (Wildman–Crippen MR) is 85.6 cm³/mol. The quantitative estimate of drug-likeness (QED) is 0.725. The van der Waals surface area contributed by atoms with E-state index in [0.29, 0.717) is 29.4 Å². The zero-order valence-corrected chi connectivity index (χ0v) is 13.5. The van der Waals surface area contributed by atoms with Crippen molar-refractivity contribution in [3.05, 3.63) is 18.6 Å². The minimum atomic E-state index is -1.03. The molecule has 2 aromatic heterocycles. The Morgan fingerprint density at radius 1 is 1.35 bits per heavy atom. The minimum Gasteiger partial charge on any atom is -0.387 e. The van der Waals surface area contributed by atoms with E-state index in [0.717, 1.165) is 0 Å². The third-order valence-corrected chi connectivity index (χ3v) is 4.50. The number of aromatic nitrogens is 3. The second-order valence-corrected chi connectivity index (χ2v) is 6.30. The van der Waals surface area contributed by atoms with Gasteiger partial charge in [0, 0.05) is 18.8 Å². The fourth-order valence-corrected chi connectivity index (χ4v) is 2.80. The van der Waals surface area contributed by atoms with Gasteiger partial charge in [-0.2, -0.15) is 0 Å². The Bertz CT molecular complexity index is 689. The van der Waals surface area contributed by atoms with Crippen molar-refractivity contribution in [3.8, 4) is 0 Å². The summed E-state index contributed by atoms with van der Waals surface area (Å²) in [4.78, 5) is 10.2. The van der Waals surface area contributed by atoms with Gasteiger partial charge in [0.25, 0.3) is 0 Å². The molecule has 8 heteroatoms. The first kappa shape index (κ1) is 16.1. The molecule has 126 valence electrons. The number of hydrogen-bond donors (Lipinski definition) is 3. The Labute approximate surface area is 134 Å². The first-order valence-corrected chi connectivity index (χ1v) is 7.69. The molecule has 4 atom stereocenters. The minimum absolute atomic E-state index is 0.321. The number of nitrogen functional groups attached to an aromatic ring is 1. The average molecular weight is 321 g/mol. The summed E-state index contributed by atoms with van der Waals surface area (Å²) < 4.78 is 7.61. The van der Waals surface area contributed by atoms with Crippen molar-refractivity contribution in [2.75, 3.05) is 19.3 Å². The molecule has 0 amide bonds. The van der Waals surface area contributed by atoms with Gasteiger partial charge in [0.1, 0.15) is 36.1 Å². The monoisotopic (exact) mass is 321 g/mol. The molecule has 0 radical (unpaired) electrons. The van der Waals surface area contributed by atoms with Gasteiger partial charge in [-0.15, -0.1) is 0 Å². The van der Waals surface area contributed by atoms with Crippen LogP contribution < -0.4 is 5.73 Å². The molecule has 2 aromatic rings. The molecule has 1 saturated heterocycles. The normalized spacial score (nSPS) is 28.3. The van der Waals surface area contributed by atoms with Crippen LogP contribution in [0.5, 0.6) is 0 Å². The third kappa shape index (κ3) is 2.78. The number of likely N-dealkylation sites (N-methyl/N-ethyl adjacent to an activating group) is 1. The molecule has 0 saturated carbocycles. The van der Waals surface area contributed by atoms with Crippen LogP contribution >= 0.6 is 0 Å². The van der Waals surface area contributed by atoms with Crippen LogP contribution in [0.25, 0.3) is 11.0 Å². The number of hydrogen-bond acceptors (Lipinski definition) is 7. The third-order valence-electron chi connectivity index (χ3n) is 4.50. The highest BCUT2D eigenvalue weighted by Crippen LogP contribution is 2.33. The molecule has 0 aliphatic carbocycles. The van der Waals surface area contributed by atoms with Gasteiger partial charge >= 0.3 is 0 Å². The lowest BCUT2D eigenvalue weighted by atomic mass is 10.1. The number of anilines is 1. The number of aliphatic hydroxyl groups is 2. The van der Waals surface area contributed by atoms with Crippen molar-refractivity contribution in [3.63, 3.8) is 0 Å². The molecule has 1 fully saturated rings. The first-order chi connectivity index (χ1) is 10.9. The van der Waals surface area contributed by atoms with Gasteiger partial charge in [-0.05, 0) is 27.0 Å². The second-order valence-electron chi connectivity index (χ2n) is 6.30. The molecule has 0 bridgehead atoms. The summed E-state index contributed by atoms with van der Waals surface area (Å²) in [6, 6.07) is 2.10. The standard InChI is InChI=1S/C15H23N5O3/c1-8(2)19(3)6-10-11(21)12(22)15(23-10)20-5-4-9-13(16)17-7-18-14(9)20/h4-5,7-8,10-12,15,21-22H,6H2,1-3H3,(H2,16,17,18). The zero-order chi connectivity index (χ0) is 16.7. The summed E-state index contributed by atoms with van der Waals surface area (Å²) in [6.07, 6.45) is -0.0626. The lowest BCUT2D eigenvalue weighted by Gasteiger charge is -2.25. The van der Waals surface area contributed by atoms with E-state index < -0.39 is 24.5 Å². The molecular weight excluding hydrogens is 298 g/mol. The van der Waals surface area contributed by atoms with Gasteiger partial charge < -0.3 is 30.2 Å². The summed E-state index contributed by atoms with van der Waals surface area (Å²) in [5, 5.41) is 21.4. The summed E-state index contributed by atoms with van der Waals surface area (Å²) in [6.45, 7) is 4.66. The van der Waals surface area contributed by atoms with Crippen LogP contribution in [-0.4, -0.2) is 67.6 Å². The van der Waals surface area contributed by atoms with Crippen LogP contribution in [0.2, 0.25) is 0 Å². The predicted octanol–water partition coefficient (Wildman–Crippen LogP) is -0.0271. The van der Waals surface area contributed by atoms with Crippen molar-refractivity contribution < 1.29 is 14.9 Å². The number of fused-ring (bicyclic) bond motifs is 1. The van der Waals surface area contributed by atoms with Crippen LogP contribution in [0, 0.1) is 0 Å². The van der Waals surface area contributed by atoms with E-state index in [4.69, 9.17) is 10.5 Å². The number of nitrogens with zero attached hydrogens (tertiary/aromatic N) is 4. The fourth-order valence-electron chi connectivity index (χ4n) is 2.80. The van der Waals surface area contributed by atoms with Gasteiger partial charge in [0.15, 0.2) is 6.23 Å². The highest BCUT2D eigenvalue weighted by Gasteiger charge is 2.44. The van der Waals surface area contributed by atoms with E-state index in [-0.39, 0.29) is 0 Å². The molecular formula is C15H23N5O3. The van der Waals surface area contributed by atoms with Gasteiger partial charge in [-0.3, -0.25) is 0 Å². The first-order valence-electron chi connectivity index (χ1n) is 7.69. The lowest BCUT2D eigenvalue weighted by Crippen LogP contribution is -2.40. The average Bonchev–Trinajstić information content (AvgIpc) is 3.05. The second kappa shape index (κ2) is 6.04. The van der Waals surface area contributed by atoms with Crippen LogP contribution in [-0.2, 0) is 4.74 Å². The topological polar surface area (TPSA) is 110 Å². The van der Waals surface area contributed by atoms with Gasteiger partial charge in [0.2, 0.25) is 0 Å². The molecule has 0 spiro atoms. The Balaban J connectivity index is 1.87. The molecule has 3 rings (SSSR count). The molecule has 8 nitrogen and oxygen atoms in total. The van der Waals surface area contributed by atoms with E-state index in [9.17, 15) is 10.2 Å². The van der Waals surface area contributed by atoms with E-state index in [1.165, 1.54) is 6.33 Å². The molecule has 23 heavy (non-hydrogen) atoms. The van der Waals surface area contributed by atoms with Gasteiger partial charge in [0.05, 0.1) is 5.39 Å². The Morgan fingerprint density at radius 2 is 2.09 bits per heavy atom. The van der Waals surface area contributed by atoms with Crippen LogP contribution in [0.1, 0.15) is 20.1 Å². The number of rotatable bonds is 4. The molecule has 1 aliphatic heterocycles. The van der Waals surface area contributed by atoms with Crippen LogP contribution in [0.3, 0.4) is 0 Å². The number of ether oxygens (including phenoxy) is 1. The maximum absolute atomic E-state index is 10.4. The van der Waals surface area contributed by atoms with E-state index in [1.807, 2.05) is 7.05 Å². The molecule has 3 heterocycles. The highest BCUT2D eigenvalue weighted by atomic mass is 16.6. The maximum Gasteiger partial charge on any atom is 0.164 e. The van der Waals surface area contributed by atoms with E-state index in [1.54, 1.807) is 16.8 Å².